The lowest BCUT2D eigenvalue weighted by molar-refractivity contribution is -0.436. The number of H-pyrrole nitrogens is 1. The molecule has 724 valence electrons. The topological polar surface area (TPSA) is 543 Å². The number of hydrogen-bond acceptors (Lipinski definition) is 35. The van der Waals surface area contributed by atoms with E-state index >= 15 is 0 Å². The highest BCUT2D eigenvalue weighted by atomic mass is 32.2. The van der Waals surface area contributed by atoms with Crippen LogP contribution in [0.2, 0.25) is 0 Å². The van der Waals surface area contributed by atoms with Crippen LogP contribution in [0.3, 0.4) is 0 Å². The molecule has 0 aliphatic carbocycles. The fraction of sp³-hybridized carbons (Fsp3) is 0.528. The largest absolute Gasteiger partial charge is 0.744 e. The number of aromatic nitrogens is 6. The average molecular weight is 1880 g/mol. The monoisotopic (exact) mass is 1880 g/mol. The minimum absolute atomic E-state index is 0.0116. The van der Waals surface area contributed by atoms with Gasteiger partial charge >= 0.3 is 0 Å². The van der Waals surface area contributed by atoms with E-state index in [0.29, 0.717) is 238 Å². The molecule has 2 aliphatic heterocycles. The van der Waals surface area contributed by atoms with Crippen molar-refractivity contribution in [1.82, 2.24) is 51.2 Å². The van der Waals surface area contributed by atoms with Gasteiger partial charge in [-0.2, -0.15) is 19.5 Å². The highest BCUT2D eigenvalue weighted by Crippen LogP contribution is 2.49. The summed E-state index contributed by atoms with van der Waals surface area (Å²) in [6, 6.07) is 19.5. The number of aromatic amines is 1. The average Bonchev–Trinajstić information content (AvgIpc) is 1.58. The first-order valence-corrected chi connectivity index (χ1v) is 46.4. The molecule has 3 aromatic heterocycles. The third-order valence-electron chi connectivity index (χ3n) is 20.9. The van der Waals surface area contributed by atoms with Crippen LogP contribution in [0.25, 0.3) is 11.2 Å². The van der Waals surface area contributed by atoms with Crippen LogP contribution in [0.4, 0.5) is 29.1 Å². The highest BCUT2D eigenvalue weighted by molar-refractivity contribution is 7.86. The minimum atomic E-state index is -4.86. The molecule has 0 atom stereocenters. The Bertz CT molecular complexity index is 5140. The van der Waals surface area contributed by atoms with Crippen molar-refractivity contribution in [2.45, 2.75) is 106 Å². The van der Waals surface area contributed by atoms with Crippen LogP contribution in [-0.4, -0.2) is 302 Å². The number of methoxy groups -OCH3 is 2. The van der Waals surface area contributed by atoms with Crippen molar-refractivity contribution in [2.24, 2.45) is 0 Å². The number of fused-ring (bicyclic) bond motifs is 3. The second-order valence-corrected chi connectivity index (χ2v) is 33.8. The van der Waals surface area contributed by atoms with Crippen molar-refractivity contribution in [3.8, 4) is 23.1 Å². The van der Waals surface area contributed by atoms with Gasteiger partial charge in [-0.3, -0.25) is 19.2 Å². The van der Waals surface area contributed by atoms with Crippen LogP contribution in [0.5, 0.6) is 23.1 Å². The van der Waals surface area contributed by atoms with Crippen LogP contribution in [0.1, 0.15) is 99.6 Å². The van der Waals surface area contributed by atoms with Gasteiger partial charge in [0.15, 0.2) is 29.4 Å². The van der Waals surface area contributed by atoms with Crippen molar-refractivity contribution < 1.29 is 125 Å². The van der Waals surface area contributed by atoms with E-state index in [4.69, 9.17) is 93.0 Å². The van der Waals surface area contributed by atoms with Crippen LogP contribution in [0.15, 0.2) is 119 Å². The summed E-state index contributed by atoms with van der Waals surface area (Å²) in [5.41, 5.74) is 23.5. The number of nitrogen functional groups attached to an aromatic ring is 3. The van der Waals surface area contributed by atoms with Crippen LogP contribution >= 0.6 is 0 Å². The zero-order valence-corrected chi connectivity index (χ0v) is 77.3. The van der Waals surface area contributed by atoms with Crippen molar-refractivity contribution in [3.63, 3.8) is 0 Å². The standard InChI is InChI=1S/C89H125N15O26S2/c1-88(2)69-57-67(131(109,110)111)17-19-71(69)103(27-21-78(106)94-25-24-93-77(105)12-7-8-29-129-82-73(115-5)55-65(56-74(82)116-6)54-66-60-97-86(91)100-83(66)90)75(88)10-9-11-76-89(3,4)70-58-68(132(112,113)114)18-20-72(70)104(76)28-22-79(107)95-26-31-118-33-35-120-37-39-122-41-43-124-45-47-126-49-51-128-53-52-127-50-48-125-46-44-123-42-40-121-38-36-119-34-32-117-30-23-80(108)96-59-63-13-15-64(16-14-63)61-130-85-81-84(99-62-98-81)101-87(92)102-85/h9-11,13-20,55-58,60,62H,7-8,12,21-54,59,61H2,1-6H3,(H12-,90,91,92,93,94,95,96,97,98,99,100,101,102,105,106,107,108,109,110,111,112,113,114)/p-1. The summed E-state index contributed by atoms with van der Waals surface area (Å²) in [5, 5.41) is 11.5. The number of hydrogen-bond donors (Lipinski definition) is 8. The Kier molecular flexibility index (Phi) is 43.8. The maximum Gasteiger partial charge on any atom is 0.245 e. The number of carbonyl (C=O) groups excluding carboxylic acids is 4. The molecule has 2 aliphatic rings. The number of nitrogens with two attached hydrogens (primary N) is 3. The van der Waals surface area contributed by atoms with Crippen molar-refractivity contribution >= 4 is 89.8 Å². The van der Waals surface area contributed by atoms with E-state index in [1.807, 2.05) is 73.6 Å². The zero-order valence-electron chi connectivity index (χ0n) is 75.7. The number of anilines is 4. The Morgan fingerprint density at radius 2 is 0.992 bits per heavy atom. The van der Waals surface area contributed by atoms with Gasteiger partial charge in [-0.25, -0.2) is 26.8 Å². The molecule has 0 fully saturated rings. The molecule has 7 aromatic rings. The molecule has 41 nitrogen and oxygen atoms in total. The van der Waals surface area contributed by atoms with Crippen molar-refractivity contribution in [1.29, 1.82) is 0 Å². The highest BCUT2D eigenvalue weighted by Gasteiger charge is 2.46. The van der Waals surface area contributed by atoms with Gasteiger partial charge in [0.2, 0.25) is 52.8 Å². The normalized spacial score (nSPS) is 13.7. The van der Waals surface area contributed by atoms with Gasteiger partial charge in [-0.05, 0) is 97.5 Å². The van der Waals surface area contributed by atoms with Gasteiger partial charge in [-0.15, -0.1) is 0 Å². The molecule has 9 rings (SSSR count). The summed E-state index contributed by atoms with van der Waals surface area (Å²) in [4.78, 5) is 76.4. The molecule has 0 unspecified atom stereocenters. The number of nitrogens with zero attached hydrogens (tertiary/aromatic N) is 7. The molecule has 5 heterocycles. The number of amides is 4. The Morgan fingerprint density at radius 1 is 0.500 bits per heavy atom. The van der Waals surface area contributed by atoms with Gasteiger partial charge in [0.1, 0.15) is 38.2 Å². The van der Waals surface area contributed by atoms with Gasteiger partial charge in [-0.1, -0.05) is 44.2 Å². The van der Waals surface area contributed by atoms with Gasteiger partial charge in [0.25, 0.3) is 0 Å². The summed E-state index contributed by atoms with van der Waals surface area (Å²) in [5.74, 6) is 1.08. The van der Waals surface area contributed by atoms with E-state index in [1.54, 1.807) is 30.5 Å². The van der Waals surface area contributed by atoms with E-state index in [-0.39, 0.29) is 133 Å². The van der Waals surface area contributed by atoms with E-state index in [1.165, 1.54) is 50.9 Å². The molecule has 0 bridgehead atoms. The zero-order chi connectivity index (χ0) is 94.6. The summed E-state index contributed by atoms with van der Waals surface area (Å²) in [7, 11) is -6.68. The van der Waals surface area contributed by atoms with Crippen molar-refractivity contribution in [3.05, 3.63) is 143 Å². The maximum atomic E-state index is 13.5. The quantitative estimate of drug-likeness (QED) is 0.0144. The first-order valence-electron chi connectivity index (χ1n) is 43.6. The SMILES string of the molecule is COc1cc(Cc2cnc(N)nc2N)cc(OC)c1OCCCCC(=O)NCCNC(=O)CCN1/C(=C/C=C/C2=[N+](CCC(=O)NCCOCCOCCOCCOCCOCCOCCOCCOCCOCCOCCOCCOCCC(=O)NCc3ccc(COc4nc(N)nc5nc[nH]c45)cc3)c3ccc(S(=O)(=O)[O-])cc3C2(C)C)C(C)(C)c2cc(S(=O)(=O)[O-])ccc21. The molecular weight excluding hydrogens is 1760 g/mol. The fourth-order valence-electron chi connectivity index (χ4n) is 14.0. The fourth-order valence-corrected chi connectivity index (χ4v) is 15.0. The molecule has 0 saturated heterocycles. The predicted octanol–water partition coefficient (Wildman–Crippen LogP) is 4.78. The van der Waals surface area contributed by atoms with Crippen LogP contribution in [0, 0.1) is 0 Å². The lowest BCUT2D eigenvalue weighted by Gasteiger charge is -2.27. The van der Waals surface area contributed by atoms with E-state index in [2.05, 4.69) is 51.2 Å². The van der Waals surface area contributed by atoms with Gasteiger partial charge in [0, 0.05) is 105 Å². The van der Waals surface area contributed by atoms with E-state index < -0.39 is 40.9 Å². The number of nitrogens with one attached hydrogen (secondary N) is 5. The second-order valence-electron chi connectivity index (χ2n) is 31.1. The number of unbranched alkanes of at least 4 members (excludes halogenated alkanes) is 1. The Hall–Kier alpha value is -10.7. The molecule has 43 heteroatoms. The second kappa shape index (κ2) is 55.1. The molecule has 4 amide bonds. The number of rotatable bonds is 67. The third-order valence-corrected chi connectivity index (χ3v) is 22.5. The van der Waals surface area contributed by atoms with E-state index in [9.17, 15) is 45.1 Å². The third kappa shape index (κ3) is 34.7. The van der Waals surface area contributed by atoms with Gasteiger partial charge in [0.05, 0.1) is 207 Å². The molecular formula is C89H124N15O26S2-. The molecule has 132 heavy (non-hydrogen) atoms. The van der Waals surface area contributed by atoms with Crippen LogP contribution < -0.4 is 62.3 Å². The number of imidazole rings is 1. The molecule has 0 spiro atoms. The van der Waals surface area contributed by atoms with Gasteiger partial charge < -0.3 is 133 Å². The summed E-state index contributed by atoms with van der Waals surface area (Å²) in [6.45, 7) is 18.3. The number of ether oxygens (including phenoxy) is 16. The van der Waals surface area contributed by atoms with Crippen LogP contribution in [-0.2, 0) is 127 Å². The molecule has 0 saturated carbocycles. The molecule has 4 aromatic carbocycles. The Labute approximate surface area is 769 Å². The smallest absolute Gasteiger partial charge is 0.245 e. The molecule has 11 N–H and O–H groups in total. The minimum Gasteiger partial charge on any atom is -0.744 e. The summed E-state index contributed by atoms with van der Waals surface area (Å²) < 4.78 is 166. The maximum absolute atomic E-state index is 13.5. The summed E-state index contributed by atoms with van der Waals surface area (Å²) in [6.07, 6.45) is 10.3. The van der Waals surface area contributed by atoms with E-state index in [0.717, 1.165) is 16.7 Å². The number of carbonyl (C=O) groups is 4. The lowest BCUT2D eigenvalue weighted by atomic mass is 9.81. The Balaban J connectivity index is 0.554. The molecule has 0 radical (unpaired) electrons. The Morgan fingerprint density at radius 3 is 1.53 bits per heavy atom. The summed E-state index contributed by atoms with van der Waals surface area (Å²) >= 11 is 0. The number of allylic oxidation sites excluding steroid dienone is 4. The first kappa shape index (κ1) is 105. The predicted molar refractivity (Wildman–Crippen MR) is 483 cm³/mol. The lowest BCUT2D eigenvalue weighted by Crippen LogP contribution is -2.36. The van der Waals surface area contributed by atoms with Crippen molar-refractivity contribution in [2.75, 3.05) is 234 Å². The number of benzene rings is 4. The first-order chi connectivity index (χ1) is 63.6.